The highest BCUT2D eigenvalue weighted by Gasteiger charge is 2.26. The molecule has 1 aliphatic rings. The fourth-order valence-corrected chi connectivity index (χ4v) is 4.03. The van der Waals surface area contributed by atoms with E-state index < -0.39 is 0 Å². The Morgan fingerprint density at radius 1 is 1.03 bits per heavy atom. The normalized spacial score (nSPS) is 15.2. The van der Waals surface area contributed by atoms with Crippen molar-refractivity contribution >= 4 is 5.95 Å². The van der Waals surface area contributed by atoms with E-state index in [4.69, 9.17) is 4.74 Å². The van der Waals surface area contributed by atoms with Gasteiger partial charge in [0.25, 0.3) is 0 Å². The number of aromatic nitrogens is 3. The zero-order valence-corrected chi connectivity index (χ0v) is 18.2. The molecule has 0 spiro atoms. The van der Waals surface area contributed by atoms with E-state index in [0.29, 0.717) is 25.6 Å². The number of rotatable bonds is 8. The Hall–Kier alpha value is -2.93. The van der Waals surface area contributed by atoms with Gasteiger partial charge in [0.2, 0.25) is 5.95 Å². The van der Waals surface area contributed by atoms with Crippen molar-refractivity contribution in [3.05, 3.63) is 71.3 Å². The number of halogens is 1. The SMILES string of the molecule is CCOc1ccc(Cc2nnc(N(Cc3ccc(F)cc3)C3CCN(C)CC3)[nH]2)cc1. The number of ether oxygens (including phenoxy) is 1. The topological polar surface area (TPSA) is 57.3 Å². The Labute approximate surface area is 183 Å². The van der Waals surface area contributed by atoms with E-state index in [1.54, 1.807) is 0 Å². The number of benzene rings is 2. The Morgan fingerprint density at radius 3 is 2.39 bits per heavy atom. The third-order valence-corrected chi connectivity index (χ3v) is 5.79. The minimum Gasteiger partial charge on any atom is -0.494 e. The molecule has 0 amide bonds. The number of hydrogen-bond acceptors (Lipinski definition) is 5. The van der Waals surface area contributed by atoms with Crippen LogP contribution in [-0.2, 0) is 13.0 Å². The summed E-state index contributed by atoms with van der Waals surface area (Å²) in [5.41, 5.74) is 2.21. The van der Waals surface area contributed by atoms with Crippen molar-refractivity contribution in [2.45, 2.75) is 38.8 Å². The molecule has 0 bridgehead atoms. The summed E-state index contributed by atoms with van der Waals surface area (Å²) in [6, 6.07) is 15.2. The average molecular weight is 424 g/mol. The van der Waals surface area contributed by atoms with Crippen LogP contribution < -0.4 is 9.64 Å². The maximum Gasteiger partial charge on any atom is 0.225 e. The zero-order chi connectivity index (χ0) is 21.6. The summed E-state index contributed by atoms with van der Waals surface area (Å²) < 4.78 is 18.9. The number of H-pyrrole nitrogens is 1. The van der Waals surface area contributed by atoms with Gasteiger partial charge in [0.1, 0.15) is 17.4 Å². The summed E-state index contributed by atoms with van der Waals surface area (Å²) in [6.07, 6.45) is 2.80. The molecule has 0 saturated carbocycles. The van der Waals surface area contributed by atoms with Crippen LogP contribution in [0.4, 0.5) is 10.3 Å². The highest BCUT2D eigenvalue weighted by Crippen LogP contribution is 2.24. The second-order valence-electron chi connectivity index (χ2n) is 8.14. The second kappa shape index (κ2) is 9.92. The molecule has 0 aliphatic carbocycles. The molecule has 3 aromatic rings. The summed E-state index contributed by atoms with van der Waals surface area (Å²) in [5, 5.41) is 8.88. The summed E-state index contributed by atoms with van der Waals surface area (Å²) in [4.78, 5) is 8.06. The van der Waals surface area contributed by atoms with Crippen LogP contribution in [0.15, 0.2) is 48.5 Å². The minimum absolute atomic E-state index is 0.216. The first-order valence-corrected chi connectivity index (χ1v) is 10.9. The lowest BCUT2D eigenvalue weighted by atomic mass is 10.0. The standard InChI is InChI=1S/C24H30FN5O/c1-3-31-22-10-6-18(7-11-22)16-23-26-24(28-27-23)30(21-12-14-29(2)15-13-21)17-19-4-8-20(25)9-5-19/h4-11,21H,3,12-17H2,1-2H3,(H,26,27,28). The first kappa shape index (κ1) is 21.3. The quantitative estimate of drug-likeness (QED) is 0.593. The molecule has 31 heavy (non-hydrogen) atoms. The number of hydrogen-bond donors (Lipinski definition) is 1. The molecule has 2 aromatic carbocycles. The molecular formula is C24H30FN5O. The van der Waals surface area contributed by atoms with Crippen LogP contribution >= 0.6 is 0 Å². The molecule has 1 N–H and O–H groups in total. The number of aromatic amines is 1. The van der Waals surface area contributed by atoms with Gasteiger partial charge < -0.3 is 19.5 Å². The maximum atomic E-state index is 13.4. The van der Waals surface area contributed by atoms with E-state index in [0.717, 1.165) is 54.6 Å². The van der Waals surface area contributed by atoms with Gasteiger partial charge >= 0.3 is 0 Å². The van der Waals surface area contributed by atoms with E-state index in [9.17, 15) is 4.39 Å². The van der Waals surface area contributed by atoms with Crippen LogP contribution in [0.1, 0.15) is 36.7 Å². The number of likely N-dealkylation sites (tertiary alicyclic amines) is 1. The maximum absolute atomic E-state index is 13.4. The third-order valence-electron chi connectivity index (χ3n) is 5.79. The lowest BCUT2D eigenvalue weighted by Gasteiger charge is -2.37. The van der Waals surface area contributed by atoms with E-state index in [2.05, 4.69) is 44.2 Å². The van der Waals surface area contributed by atoms with Crippen molar-refractivity contribution < 1.29 is 9.13 Å². The van der Waals surface area contributed by atoms with Gasteiger partial charge in [0, 0.05) is 19.0 Å². The molecule has 7 heteroatoms. The van der Waals surface area contributed by atoms with Crippen LogP contribution in [0.5, 0.6) is 5.75 Å². The Bertz CT molecular complexity index is 949. The van der Waals surface area contributed by atoms with Crippen molar-refractivity contribution in [2.75, 3.05) is 31.6 Å². The van der Waals surface area contributed by atoms with E-state index in [-0.39, 0.29) is 5.82 Å². The van der Waals surface area contributed by atoms with Gasteiger partial charge in [-0.05, 0) is 75.3 Å². The molecule has 164 valence electrons. The first-order valence-electron chi connectivity index (χ1n) is 10.9. The van der Waals surface area contributed by atoms with Gasteiger partial charge in [-0.25, -0.2) is 4.39 Å². The summed E-state index contributed by atoms with van der Waals surface area (Å²) in [5.74, 6) is 2.26. The molecule has 1 fully saturated rings. The Kier molecular flexibility index (Phi) is 6.82. The van der Waals surface area contributed by atoms with Crippen LogP contribution in [0.2, 0.25) is 0 Å². The van der Waals surface area contributed by atoms with Gasteiger partial charge in [-0.1, -0.05) is 24.3 Å². The molecule has 6 nitrogen and oxygen atoms in total. The molecule has 0 atom stereocenters. The molecule has 1 aliphatic heterocycles. The molecular weight excluding hydrogens is 393 g/mol. The predicted octanol–water partition coefficient (Wildman–Crippen LogP) is 4.03. The van der Waals surface area contributed by atoms with Crippen molar-refractivity contribution in [1.29, 1.82) is 0 Å². The summed E-state index contributed by atoms with van der Waals surface area (Å²) in [7, 11) is 2.16. The first-order chi connectivity index (χ1) is 15.1. The summed E-state index contributed by atoms with van der Waals surface area (Å²) in [6.45, 7) is 5.42. The monoisotopic (exact) mass is 423 g/mol. The molecule has 2 heterocycles. The predicted molar refractivity (Wildman–Crippen MR) is 120 cm³/mol. The third kappa shape index (κ3) is 5.61. The van der Waals surface area contributed by atoms with Gasteiger partial charge in [-0.2, -0.15) is 0 Å². The highest BCUT2D eigenvalue weighted by atomic mass is 19.1. The molecule has 0 radical (unpaired) electrons. The highest BCUT2D eigenvalue weighted by molar-refractivity contribution is 5.35. The largest absolute Gasteiger partial charge is 0.494 e. The van der Waals surface area contributed by atoms with Crippen molar-refractivity contribution in [1.82, 2.24) is 20.1 Å². The molecule has 1 saturated heterocycles. The van der Waals surface area contributed by atoms with Crippen LogP contribution in [0.3, 0.4) is 0 Å². The average Bonchev–Trinajstić information content (AvgIpc) is 3.24. The number of nitrogens with zero attached hydrogens (tertiary/aromatic N) is 4. The van der Waals surface area contributed by atoms with Gasteiger partial charge in [-0.3, -0.25) is 0 Å². The fraction of sp³-hybridized carbons (Fsp3) is 0.417. The Balaban J connectivity index is 1.50. The van der Waals surface area contributed by atoms with E-state index >= 15 is 0 Å². The lowest BCUT2D eigenvalue weighted by Crippen LogP contribution is -2.44. The van der Waals surface area contributed by atoms with Gasteiger partial charge in [0.15, 0.2) is 0 Å². The lowest BCUT2D eigenvalue weighted by molar-refractivity contribution is 0.248. The van der Waals surface area contributed by atoms with Gasteiger partial charge in [-0.15, -0.1) is 10.2 Å². The summed E-state index contributed by atoms with van der Waals surface area (Å²) >= 11 is 0. The number of nitrogens with one attached hydrogen (secondary N) is 1. The molecule has 1 aromatic heterocycles. The van der Waals surface area contributed by atoms with E-state index in [1.165, 1.54) is 12.1 Å². The van der Waals surface area contributed by atoms with Crippen molar-refractivity contribution in [2.24, 2.45) is 0 Å². The second-order valence-corrected chi connectivity index (χ2v) is 8.14. The van der Waals surface area contributed by atoms with Crippen LogP contribution in [0.25, 0.3) is 0 Å². The van der Waals surface area contributed by atoms with Crippen LogP contribution in [-0.4, -0.2) is 52.9 Å². The smallest absolute Gasteiger partial charge is 0.225 e. The van der Waals surface area contributed by atoms with Crippen molar-refractivity contribution in [3.63, 3.8) is 0 Å². The number of anilines is 1. The van der Waals surface area contributed by atoms with Crippen molar-refractivity contribution in [3.8, 4) is 5.75 Å². The number of piperidine rings is 1. The van der Waals surface area contributed by atoms with Gasteiger partial charge in [0.05, 0.1) is 6.61 Å². The van der Waals surface area contributed by atoms with E-state index in [1.807, 2.05) is 31.2 Å². The molecule has 0 unspecified atom stereocenters. The zero-order valence-electron chi connectivity index (χ0n) is 18.2. The fourth-order valence-electron chi connectivity index (χ4n) is 4.03. The van der Waals surface area contributed by atoms with Crippen LogP contribution in [0, 0.1) is 5.82 Å². The Morgan fingerprint density at radius 2 is 1.71 bits per heavy atom. The minimum atomic E-state index is -0.216. The molecule has 4 rings (SSSR count).